The number of halogens is 1. The molecule has 0 aliphatic rings. The van der Waals surface area contributed by atoms with E-state index >= 15 is 0 Å². The predicted molar refractivity (Wildman–Crippen MR) is 167 cm³/mol. The van der Waals surface area contributed by atoms with E-state index in [9.17, 15) is 31.8 Å². The maximum absolute atomic E-state index is 13.7. The van der Waals surface area contributed by atoms with E-state index in [1.54, 1.807) is 30.3 Å². The van der Waals surface area contributed by atoms with Gasteiger partial charge in [0.2, 0.25) is 10.0 Å². The van der Waals surface area contributed by atoms with Gasteiger partial charge in [-0.25, -0.2) is 21.6 Å². The van der Waals surface area contributed by atoms with Crippen molar-refractivity contribution in [3.05, 3.63) is 71.8 Å². The molecule has 13 nitrogen and oxygen atoms in total. The monoisotopic (exact) mass is 673 g/mol. The molecule has 0 fully saturated rings. The molecule has 0 unspecified atom stereocenters. The van der Waals surface area contributed by atoms with Crippen LogP contribution in [0.4, 0.5) is 0 Å². The number of phenols is 1. The number of nitrogens with two attached hydrogens (primary N) is 1. The lowest BCUT2D eigenvalue weighted by molar-refractivity contribution is -0.139. The van der Waals surface area contributed by atoms with E-state index < -0.39 is 43.1 Å². The molecule has 7 N–H and O–H groups in total. The van der Waals surface area contributed by atoms with Crippen LogP contribution in [0.2, 0.25) is 0 Å². The van der Waals surface area contributed by atoms with Crippen molar-refractivity contribution in [3.63, 3.8) is 0 Å². The summed E-state index contributed by atoms with van der Waals surface area (Å²) in [7, 11) is -7.84. The van der Waals surface area contributed by atoms with Crippen molar-refractivity contribution in [2.24, 2.45) is 10.9 Å². The van der Waals surface area contributed by atoms with Crippen LogP contribution in [-0.4, -0.2) is 79.8 Å². The van der Waals surface area contributed by atoms with Gasteiger partial charge in [-0.05, 0) is 54.3 Å². The number of carbonyl (C=O) groups is 1. The lowest BCUT2D eigenvalue weighted by Crippen LogP contribution is -2.34. The SMILES string of the molecule is CCCCN(CCc1ccc(-c2ccccc2S(C)(=O)=O)cc1OCC(=O)O)S(=O)(=O)c1cc(C(N)=NO)ccc1O.Cl.O. The maximum atomic E-state index is 13.7. The molecule has 0 amide bonds. The number of unbranched alkanes of at least 4 members (excludes halogenated alkanes) is 1. The summed E-state index contributed by atoms with van der Waals surface area (Å²) in [5.41, 5.74) is 7.08. The number of oxime groups is 1. The van der Waals surface area contributed by atoms with Gasteiger partial charge < -0.3 is 31.4 Å². The van der Waals surface area contributed by atoms with E-state index in [0.717, 1.165) is 18.4 Å². The van der Waals surface area contributed by atoms with Crippen molar-refractivity contribution in [2.75, 3.05) is 26.0 Å². The van der Waals surface area contributed by atoms with Crippen molar-refractivity contribution in [3.8, 4) is 22.6 Å². The normalized spacial score (nSPS) is 11.8. The van der Waals surface area contributed by atoms with E-state index in [1.807, 2.05) is 6.92 Å². The van der Waals surface area contributed by atoms with Gasteiger partial charge in [0.15, 0.2) is 22.3 Å². The van der Waals surface area contributed by atoms with Crippen LogP contribution in [0.25, 0.3) is 11.1 Å². The Labute approximate surface area is 262 Å². The number of hydrogen-bond acceptors (Lipinski definition) is 9. The minimum absolute atomic E-state index is 0. The molecule has 0 bridgehead atoms. The van der Waals surface area contributed by atoms with Crippen LogP contribution in [0, 0.1) is 0 Å². The molecule has 0 aromatic heterocycles. The molecule has 3 aromatic carbocycles. The number of ether oxygens (including phenoxy) is 1. The van der Waals surface area contributed by atoms with Gasteiger partial charge in [-0.3, -0.25) is 0 Å². The van der Waals surface area contributed by atoms with Crippen LogP contribution in [0.15, 0.2) is 75.6 Å². The number of hydrogen-bond donors (Lipinski definition) is 4. The zero-order valence-corrected chi connectivity index (χ0v) is 26.5. The fourth-order valence-corrected chi connectivity index (χ4v) is 6.74. The zero-order chi connectivity index (χ0) is 31.1. The van der Waals surface area contributed by atoms with Crippen LogP contribution in [0.3, 0.4) is 0 Å². The predicted octanol–water partition coefficient (Wildman–Crippen LogP) is 2.65. The van der Waals surface area contributed by atoms with Crippen molar-refractivity contribution < 1.29 is 47.3 Å². The largest absolute Gasteiger partial charge is 0.507 e. The molecule has 0 spiro atoms. The van der Waals surface area contributed by atoms with Crippen LogP contribution in [0.1, 0.15) is 30.9 Å². The topological polar surface area (TPSA) is 228 Å². The summed E-state index contributed by atoms with van der Waals surface area (Å²) in [5.74, 6) is -1.91. The lowest BCUT2D eigenvalue weighted by Gasteiger charge is -2.23. The lowest BCUT2D eigenvalue weighted by atomic mass is 10.0. The van der Waals surface area contributed by atoms with Gasteiger partial charge in [-0.1, -0.05) is 48.8 Å². The number of phenolic OH excluding ortho intramolecular Hbond substituents is 1. The Kier molecular flexibility index (Phi) is 14.1. The Morgan fingerprint density at radius 3 is 2.30 bits per heavy atom. The summed E-state index contributed by atoms with van der Waals surface area (Å²) in [4.78, 5) is 10.9. The van der Waals surface area contributed by atoms with Crippen molar-refractivity contribution >= 4 is 44.1 Å². The molecule has 0 heterocycles. The zero-order valence-electron chi connectivity index (χ0n) is 24.0. The Bertz CT molecular complexity index is 1700. The first-order valence-electron chi connectivity index (χ1n) is 12.9. The van der Waals surface area contributed by atoms with Gasteiger partial charge in [0.1, 0.15) is 16.4 Å². The highest BCUT2D eigenvalue weighted by Crippen LogP contribution is 2.33. The van der Waals surface area contributed by atoms with Gasteiger partial charge in [-0.15, -0.1) is 12.4 Å². The number of rotatable bonds is 14. The molecular formula is C28H36ClN3O10S2. The maximum Gasteiger partial charge on any atom is 0.341 e. The Balaban J connectivity index is 0.00000484. The first-order valence-corrected chi connectivity index (χ1v) is 16.2. The van der Waals surface area contributed by atoms with E-state index in [-0.39, 0.29) is 59.4 Å². The molecular weight excluding hydrogens is 638 g/mol. The highest BCUT2D eigenvalue weighted by Gasteiger charge is 2.28. The number of carboxylic acids is 1. The molecule has 3 rings (SSSR count). The summed E-state index contributed by atoms with van der Waals surface area (Å²) in [6.07, 6.45) is 2.39. The molecule has 0 saturated heterocycles. The van der Waals surface area contributed by atoms with Crippen LogP contribution in [0.5, 0.6) is 11.5 Å². The summed E-state index contributed by atoms with van der Waals surface area (Å²) in [5, 5.41) is 31.5. The minimum atomic E-state index is -4.26. The van der Waals surface area contributed by atoms with Crippen LogP contribution in [-0.2, 0) is 31.1 Å². The fourth-order valence-electron chi connectivity index (χ4n) is 4.24. The molecule has 3 aromatic rings. The number of sulfonamides is 1. The van der Waals surface area contributed by atoms with Crippen molar-refractivity contribution in [1.82, 2.24) is 4.31 Å². The van der Waals surface area contributed by atoms with Gasteiger partial charge >= 0.3 is 5.97 Å². The molecule has 0 saturated carbocycles. The number of sulfone groups is 1. The minimum Gasteiger partial charge on any atom is -0.507 e. The second kappa shape index (κ2) is 16.3. The van der Waals surface area contributed by atoms with E-state index in [4.69, 9.17) is 15.7 Å². The number of aliphatic carboxylic acids is 1. The average molecular weight is 674 g/mol. The quantitative estimate of drug-likeness (QED) is 0.0846. The fraction of sp³-hybridized carbons (Fsp3) is 0.286. The molecule has 44 heavy (non-hydrogen) atoms. The van der Waals surface area contributed by atoms with E-state index in [2.05, 4.69) is 5.16 Å². The molecule has 0 atom stereocenters. The third-order valence-electron chi connectivity index (χ3n) is 6.39. The molecule has 16 heteroatoms. The summed E-state index contributed by atoms with van der Waals surface area (Å²) in [6, 6.07) is 14.8. The summed E-state index contributed by atoms with van der Waals surface area (Å²) < 4.78 is 58.8. The van der Waals surface area contributed by atoms with Crippen LogP contribution >= 0.6 is 12.4 Å². The second-order valence-corrected chi connectivity index (χ2v) is 13.3. The third kappa shape index (κ3) is 9.30. The summed E-state index contributed by atoms with van der Waals surface area (Å²) in [6.45, 7) is 1.29. The van der Waals surface area contributed by atoms with Gasteiger partial charge in [0, 0.05) is 30.5 Å². The highest BCUT2D eigenvalue weighted by atomic mass is 35.5. The highest BCUT2D eigenvalue weighted by molar-refractivity contribution is 7.90. The number of amidine groups is 1. The van der Waals surface area contributed by atoms with Crippen molar-refractivity contribution in [2.45, 2.75) is 36.0 Å². The van der Waals surface area contributed by atoms with E-state index in [0.29, 0.717) is 29.5 Å². The first kappa shape index (κ1) is 38.1. The number of aromatic hydroxyl groups is 1. The number of nitrogens with zero attached hydrogens (tertiary/aromatic N) is 2. The summed E-state index contributed by atoms with van der Waals surface area (Å²) >= 11 is 0. The number of benzene rings is 3. The third-order valence-corrected chi connectivity index (χ3v) is 9.47. The van der Waals surface area contributed by atoms with Crippen molar-refractivity contribution in [1.29, 1.82) is 0 Å². The van der Waals surface area contributed by atoms with Gasteiger partial charge in [0.05, 0.1) is 4.90 Å². The van der Waals surface area contributed by atoms with Crippen LogP contribution < -0.4 is 10.5 Å². The average Bonchev–Trinajstić information content (AvgIpc) is 2.95. The Hall–Kier alpha value is -3.89. The molecule has 0 aliphatic heterocycles. The number of carboxylic acid groups (broad SMARTS) is 1. The second-order valence-electron chi connectivity index (χ2n) is 9.45. The molecule has 0 aliphatic carbocycles. The smallest absolute Gasteiger partial charge is 0.341 e. The van der Waals surface area contributed by atoms with E-state index in [1.165, 1.54) is 22.5 Å². The Morgan fingerprint density at radius 1 is 1.00 bits per heavy atom. The van der Waals surface area contributed by atoms with Gasteiger partial charge in [0.25, 0.3) is 0 Å². The molecule has 242 valence electrons. The standard InChI is InChI=1S/C28H33N3O9S2.ClH.H2O/c1-3-4-14-31(42(38,39)26-17-21(28(29)30-35)11-12-23(26)32)15-13-19-9-10-20(16-24(19)40-18-27(33)34)22-7-5-6-8-25(22)41(2,36)37;;/h5-12,16-17,32,35H,3-4,13-15,18H2,1-2H3,(H2,29,30)(H,33,34);1H;1H2. The first-order chi connectivity index (χ1) is 19.8. The van der Waals surface area contributed by atoms with Gasteiger partial charge in [-0.2, -0.15) is 4.31 Å². The molecule has 0 radical (unpaired) electrons. The Morgan fingerprint density at radius 2 is 1.68 bits per heavy atom.